The van der Waals surface area contributed by atoms with Crippen LogP contribution in [0.15, 0.2) is 0 Å². The summed E-state index contributed by atoms with van der Waals surface area (Å²) in [5, 5.41) is 19.9. The van der Waals surface area contributed by atoms with Gasteiger partial charge in [-0.25, -0.2) is 0 Å². The minimum absolute atomic E-state index is 0.149. The predicted molar refractivity (Wildman–Crippen MR) is 105 cm³/mol. The van der Waals surface area contributed by atoms with Crippen LogP contribution in [0.4, 0.5) is 0 Å². The van der Waals surface area contributed by atoms with Crippen molar-refractivity contribution < 1.29 is 20.0 Å². The van der Waals surface area contributed by atoms with Gasteiger partial charge < -0.3 is 20.0 Å². The average molecular weight is 363 g/mol. The van der Waals surface area contributed by atoms with Crippen LogP contribution < -0.4 is 9.80 Å². The van der Waals surface area contributed by atoms with Crippen molar-refractivity contribution in [3.63, 3.8) is 0 Å². The summed E-state index contributed by atoms with van der Waals surface area (Å²) in [6.07, 6.45) is 1.36. The second-order valence-electron chi connectivity index (χ2n) is 9.53. The normalized spacial score (nSPS) is 35.7. The second-order valence-corrected chi connectivity index (χ2v) is 9.53. The van der Waals surface area contributed by atoms with Crippen LogP contribution in [0, 0.1) is 35.5 Å². The van der Waals surface area contributed by atoms with Gasteiger partial charge in [-0.2, -0.15) is 0 Å². The Labute approximate surface area is 159 Å². The summed E-state index contributed by atoms with van der Waals surface area (Å²) >= 11 is 0. The minimum atomic E-state index is -0.170. The Hall–Kier alpha value is -1.04. The van der Waals surface area contributed by atoms with Crippen LogP contribution in [-0.4, -0.2) is 59.7 Å². The van der Waals surface area contributed by atoms with Crippen molar-refractivity contribution in [2.45, 2.75) is 77.7 Å². The first-order chi connectivity index (χ1) is 12.0. The SMILES string of the molecule is C[C@@H]1C[NH+](C(C)(C)C#CC#CC(C)(C)[NH+]2CC[C@@H](O)[C@@H](C)C2)CC[C@@H]1O. The van der Waals surface area contributed by atoms with E-state index in [-0.39, 0.29) is 23.3 Å². The molecule has 6 atom stereocenters. The van der Waals surface area contributed by atoms with Crippen LogP contribution in [0.1, 0.15) is 54.4 Å². The Bertz CT molecular complexity index is 551. The van der Waals surface area contributed by atoms with Gasteiger partial charge in [-0.3, -0.25) is 0 Å². The smallest absolute Gasteiger partial charge is 0.154 e. The highest BCUT2D eigenvalue weighted by Crippen LogP contribution is 2.10. The lowest BCUT2D eigenvalue weighted by Gasteiger charge is -2.38. The van der Waals surface area contributed by atoms with E-state index >= 15 is 0 Å². The summed E-state index contributed by atoms with van der Waals surface area (Å²) in [5.74, 6) is 13.6. The Morgan fingerprint density at radius 3 is 1.38 bits per heavy atom. The number of aliphatic hydroxyl groups is 2. The molecule has 0 aromatic heterocycles. The van der Waals surface area contributed by atoms with Gasteiger partial charge in [-0.05, 0) is 23.7 Å². The van der Waals surface area contributed by atoms with Gasteiger partial charge in [-0.1, -0.05) is 13.8 Å². The third-order valence-electron chi connectivity index (χ3n) is 6.51. The topological polar surface area (TPSA) is 49.3 Å². The number of aliphatic hydroxyl groups excluding tert-OH is 2. The van der Waals surface area contributed by atoms with E-state index in [2.05, 4.69) is 65.2 Å². The zero-order valence-electron chi connectivity index (χ0n) is 17.4. The largest absolute Gasteiger partial charge is 0.392 e. The molecular weight excluding hydrogens is 324 g/mol. The van der Waals surface area contributed by atoms with E-state index in [0.717, 1.165) is 39.0 Å². The monoisotopic (exact) mass is 362 g/mol. The maximum absolute atomic E-state index is 9.93. The van der Waals surface area contributed by atoms with E-state index in [1.54, 1.807) is 0 Å². The van der Waals surface area contributed by atoms with Gasteiger partial charge in [0.2, 0.25) is 0 Å². The van der Waals surface area contributed by atoms with Gasteiger partial charge in [0.25, 0.3) is 0 Å². The molecule has 2 fully saturated rings. The van der Waals surface area contributed by atoms with Crippen LogP contribution >= 0.6 is 0 Å². The number of quaternary nitrogens is 2. The summed E-state index contributed by atoms with van der Waals surface area (Å²) in [6.45, 7) is 16.8. The molecule has 26 heavy (non-hydrogen) atoms. The Kier molecular flexibility index (Phi) is 6.81. The highest BCUT2D eigenvalue weighted by molar-refractivity contribution is 5.31. The quantitative estimate of drug-likeness (QED) is 0.483. The molecule has 0 saturated carbocycles. The van der Waals surface area contributed by atoms with Gasteiger partial charge in [0.1, 0.15) is 0 Å². The zero-order valence-corrected chi connectivity index (χ0v) is 17.4. The fourth-order valence-corrected chi connectivity index (χ4v) is 4.15. The molecule has 2 unspecified atom stereocenters. The summed E-state index contributed by atoms with van der Waals surface area (Å²) in [6, 6.07) is 0. The van der Waals surface area contributed by atoms with Crippen LogP contribution in [-0.2, 0) is 0 Å². The Balaban J connectivity index is 2.00. The molecule has 0 aromatic carbocycles. The maximum Gasteiger partial charge on any atom is 0.154 e. The molecule has 2 rings (SSSR count). The number of nitrogens with one attached hydrogen (secondary N) is 2. The van der Waals surface area contributed by atoms with E-state index in [1.165, 1.54) is 9.80 Å². The minimum Gasteiger partial charge on any atom is -0.392 e. The highest BCUT2D eigenvalue weighted by atomic mass is 16.3. The summed E-state index contributed by atoms with van der Waals surface area (Å²) in [7, 11) is 0. The number of hydrogen-bond donors (Lipinski definition) is 4. The summed E-state index contributed by atoms with van der Waals surface area (Å²) in [4.78, 5) is 2.88. The molecule has 2 aliphatic heterocycles. The van der Waals surface area contributed by atoms with Gasteiger partial charge in [0, 0.05) is 52.4 Å². The molecule has 146 valence electrons. The average Bonchev–Trinajstić information content (AvgIpc) is 2.56. The van der Waals surface area contributed by atoms with Gasteiger partial charge in [0.15, 0.2) is 11.1 Å². The van der Waals surface area contributed by atoms with E-state index in [9.17, 15) is 10.2 Å². The number of rotatable bonds is 2. The molecule has 0 amide bonds. The third-order valence-corrected chi connectivity index (χ3v) is 6.51. The lowest BCUT2D eigenvalue weighted by Crippen LogP contribution is -3.21. The first-order valence-corrected chi connectivity index (χ1v) is 10.1. The second kappa shape index (κ2) is 8.32. The number of hydrogen-bond acceptors (Lipinski definition) is 2. The fourth-order valence-electron chi connectivity index (χ4n) is 4.15. The number of likely N-dealkylation sites (tertiary alicyclic amines) is 2. The summed E-state index contributed by atoms with van der Waals surface area (Å²) in [5.41, 5.74) is -0.298. The van der Waals surface area contributed by atoms with Crippen molar-refractivity contribution in [1.82, 2.24) is 0 Å². The molecule has 2 heterocycles. The van der Waals surface area contributed by atoms with Crippen LogP contribution in [0.25, 0.3) is 0 Å². The molecule has 0 aromatic rings. The van der Waals surface area contributed by atoms with Crippen LogP contribution in [0.2, 0.25) is 0 Å². The Morgan fingerprint density at radius 1 is 0.731 bits per heavy atom. The van der Waals surface area contributed by atoms with Crippen LogP contribution in [0.3, 0.4) is 0 Å². The molecule has 0 aliphatic carbocycles. The molecule has 2 saturated heterocycles. The fraction of sp³-hybridized carbons (Fsp3) is 0.818. The molecule has 2 aliphatic rings. The lowest BCUT2D eigenvalue weighted by atomic mass is 9.91. The predicted octanol–water partition coefficient (Wildman–Crippen LogP) is -0.878. The molecular formula is C22H38N2O2+2. The van der Waals surface area contributed by atoms with Crippen molar-refractivity contribution in [2.75, 3.05) is 26.2 Å². The number of piperidine rings is 2. The Morgan fingerprint density at radius 2 is 1.08 bits per heavy atom. The van der Waals surface area contributed by atoms with E-state index in [4.69, 9.17) is 0 Å². The summed E-state index contributed by atoms with van der Waals surface area (Å²) < 4.78 is 0. The highest BCUT2D eigenvalue weighted by Gasteiger charge is 2.37. The van der Waals surface area contributed by atoms with E-state index in [0.29, 0.717) is 11.8 Å². The lowest BCUT2D eigenvalue weighted by molar-refractivity contribution is -0.948. The molecule has 4 heteroatoms. The molecule has 4 N–H and O–H groups in total. The van der Waals surface area contributed by atoms with Gasteiger partial charge >= 0.3 is 0 Å². The first-order valence-electron chi connectivity index (χ1n) is 10.1. The molecule has 4 nitrogen and oxygen atoms in total. The maximum atomic E-state index is 9.93. The molecule has 0 radical (unpaired) electrons. The van der Waals surface area contributed by atoms with Crippen molar-refractivity contribution in [1.29, 1.82) is 0 Å². The van der Waals surface area contributed by atoms with Gasteiger partial charge in [0.05, 0.1) is 38.4 Å². The van der Waals surface area contributed by atoms with E-state index in [1.807, 2.05) is 0 Å². The van der Waals surface area contributed by atoms with Crippen molar-refractivity contribution in [3.05, 3.63) is 0 Å². The van der Waals surface area contributed by atoms with Crippen molar-refractivity contribution in [2.24, 2.45) is 11.8 Å². The van der Waals surface area contributed by atoms with E-state index < -0.39 is 0 Å². The van der Waals surface area contributed by atoms with Crippen LogP contribution in [0.5, 0.6) is 0 Å². The molecule has 0 spiro atoms. The van der Waals surface area contributed by atoms with Gasteiger partial charge in [-0.15, -0.1) is 0 Å². The standard InChI is InChI=1S/C22H36N2O2/c1-17-15-23(13-9-19(17)25)21(3,4)11-7-8-12-22(5,6)24-14-10-20(26)18(2)16-24/h17-20,25-26H,9-10,13-16H2,1-6H3/p+2/t17-,18+,19+,20-. The molecule has 0 bridgehead atoms. The zero-order chi connectivity index (χ0) is 19.5. The van der Waals surface area contributed by atoms with Crippen molar-refractivity contribution >= 4 is 0 Å². The third kappa shape index (κ3) is 5.24. The van der Waals surface area contributed by atoms with Crippen molar-refractivity contribution in [3.8, 4) is 23.7 Å². The first kappa shape index (κ1) is 21.3.